The summed E-state index contributed by atoms with van der Waals surface area (Å²) in [4.78, 5) is 13.0. The van der Waals surface area contributed by atoms with E-state index in [0.717, 1.165) is 5.56 Å². The molecule has 0 unspecified atom stereocenters. The number of benzene rings is 1. The molecule has 0 bridgehead atoms. The smallest absolute Gasteiger partial charge is 0.240 e. The number of hydrogen-bond acceptors (Lipinski definition) is 3. The summed E-state index contributed by atoms with van der Waals surface area (Å²) in [5.74, 6) is -0.114. The van der Waals surface area contributed by atoms with E-state index in [2.05, 4.69) is 20.7 Å². The van der Waals surface area contributed by atoms with Gasteiger partial charge in [-0.1, -0.05) is 28.1 Å². The molecule has 0 aliphatic rings. The topological polar surface area (TPSA) is 66.5 Å². The molecule has 0 spiro atoms. The van der Waals surface area contributed by atoms with Gasteiger partial charge in [0.1, 0.15) is 0 Å². The highest BCUT2D eigenvalue weighted by molar-refractivity contribution is 9.08. The lowest BCUT2D eigenvalue weighted by molar-refractivity contribution is -0.128. The molecule has 7 heteroatoms. The fourth-order valence-electron chi connectivity index (χ4n) is 1.36. The molecule has 1 amide bonds. The van der Waals surface area contributed by atoms with Gasteiger partial charge < -0.3 is 4.90 Å². The third kappa shape index (κ3) is 4.93. The summed E-state index contributed by atoms with van der Waals surface area (Å²) in [6.07, 6.45) is 0.145. The van der Waals surface area contributed by atoms with E-state index in [9.17, 15) is 13.2 Å². The average molecular weight is 349 g/mol. The van der Waals surface area contributed by atoms with E-state index in [-0.39, 0.29) is 23.8 Å². The van der Waals surface area contributed by atoms with Gasteiger partial charge in [0.05, 0.1) is 4.90 Å². The van der Waals surface area contributed by atoms with Crippen molar-refractivity contribution in [1.82, 2.24) is 9.62 Å². The van der Waals surface area contributed by atoms with Crippen LogP contribution >= 0.6 is 15.9 Å². The number of alkyl halides is 1. The Bertz CT molecular complexity index is 526. The maximum absolute atomic E-state index is 11.9. The molecular formula is C12H17BrN2O3S. The summed E-state index contributed by atoms with van der Waals surface area (Å²) < 4.78 is 26.3. The molecule has 1 N–H and O–H groups in total. The van der Waals surface area contributed by atoms with Crippen molar-refractivity contribution < 1.29 is 13.2 Å². The van der Waals surface area contributed by atoms with Crippen molar-refractivity contribution in [3.63, 3.8) is 0 Å². The molecule has 1 aromatic rings. The van der Waals surface area contributed by atoms with Crippen molar-refractivity contribution in [1.29, 1.82) is 0 Å². The summed E-state index contributed by atoms with van der Waals surface area (Å²) in [5, 5.41) is 0.679. The first-order valence-corrected chi connectivity index (χ1v) is 8.32. The maximum Gasteiger partial charge on any atom is 0.240 e. The Hall–Kier alpha value is -0.920. The van der Waals surface area contributed by atoms with Gasteiger partial charge in [-0.05, 0) is 17.7 Å². The number of nitrogens with zero attached hydrogens (tertiary/aromatic N) is 1. The van der Waals surface area contributed by atoms with Crippen LogP contribution in [0.4, 0.5) is 0 Å². The van der Waals surface area contributed by atoms with Gasteiger partial charge in [-0.2, -0.15) is 0 Å². The van der Waals surface area contributed by atoms with Crippen molar-refractivity contribution >= 4 is 31.9 Å². The first kappa shape index (κ1) is 16.1. The van der Waals surface area contributed by atoms with Gasteiger partial charge >= 0.3 is 0 Å². The molecule has 19 heavy (non-hydrogen) atoms. The molecule has 0 fully saturated rings. The van der Waals surface area contributed by atoms with E-state index in [1.165, 1.54) is 4.90 Å². The summed E-state index contributed by atoms with van der Waals surface area (Å²) in [6.45, 7) is 0.0968. The first-order valence-electron chi connectivity index (χ1n) is 5.71. The number of rotatable bonds is 6. The lowest BCUT2D eigenvalue weighted by Gasteiger charge is -2.11. The largest absolute Gasteiger partial charge is 0.349 e. The van der Waals surface area contributed by atoms with Gasteiger partial charge in [-0.25, -0.2) is 13.1 Å². The lowest BCUT2D eigenvalue weighted by atomic mass is 10.2. The zero-order valence-corrected chi connectivity index (χ0v) is 13.3. The molecule has 0 heterocycles. The summed E-state index contributed by atoms with van der Waals surface area (Å²) in [6, 6.07) is 6.59. The Morgan fingerprint density at radius 2 is 1.84 bits per heavy atom. The van der Waals surface area contributed by atoms with E-state index < -0.39 is 10.0 Å². The van der Waals surface area contributed by atoms with Crippen LogP contribution in [0.2, 0.25) is 0 Å². The normalized spacial score (nSPS) is 11.3. The number of amides is 1. The van der Waals surface area contributed by atoms with E-state index in [4.69, 9.17) is 0 Å². The molecule has 0 saturated heterocycles. The minimum atomic E-state index is -3.54. The molecule has 0 saturated carbocycles. The molecule has 106 valence electrons. The van der Waals surface area contributed by atoms with Gasteiger partial charge in [-0.3, -0.25) is 4.79 Å². The fourth-order valence-corrected chi connectivity index (χ4v) is 2.76. The van der Waals surface area contributed by atoms with E-state index in [1.807, 2.05) is 0 Å². The number of nitrogens with one attached hydrogen (secondary N) is 1. The van der Waals surface area contributed by atoms with Crippen LogP contribution in [0.5, 0.6) is 0 Å². The maximum atomic E-state index is 11.9. The summed E-state index contributed by atoms with van der Waals surface area (Å²) >= 11 is 3.30. The van der Waals surface area contributed by atoms with Crippen LogP contribution in [0.25, 0.3) is 0 Å². The van der Waals surface area contributed by atoms with E-state index in [0.29, 0.717) is 5.33 Å². The number of halogens is 1. The second kappa shape index (κ2) is 7.02. The predicted octanol–water partition coefficient (Wildman–Crippen LogP) is 1.34. The van der Waals surface area contributed by atoms with Crippen LogP contribution in [0.15, 0.2) is 29.2 Å². The van der Waals surface area contributed by atoms with Crippen LogP contribution in [0.1, 0.15) is 12.0 Å². The van der Waals surface area contributed by atoms with Crippen LogP contribution in [0, 0.1) is 0 Å². The molecule has 0 aliphatic heterocycles. The highest BCUT2D eigenvalue weighted by atomic mass is 79.9. The van der Waals surface area contributed by atoms with Crippen molar-refractivity contribution in [2.75, 3.05) is 20.6 Å². The number of sulfonamides is 1. The second-order valence-corrected chi connectivity index (χ2v) is 6.54. The highest BCUT2D eigenvalue weighted by Crippen LogP contribution is 2.12. The van der Waals surface area contributed by atoms with Crippen LogP contribution < -0.4 is 4.72 Å². The lowest BCUT2D eigenvalue weighted by Crippen LogP contribution is -2.30. The number of carbonyl (C=O) groups excluding carboxylic acids is 1. The van der Waals surface area contributed by atoms with Gasteiger partial charge in [0.25, 0.3) is 0 Å². The van der Waals surface area contributed by atoms with Gasteiger partial charge in [0.2, 0.25) is 15.9 Å². The molecule has 0 aliphatic carbocycles. The molecule has 0 aromatic heterocycles. The Labute approximate surface area is 122 Å². The van der Waals surface area contributed by atoms with Gasteiger partial charge in [-0.15, -0.1) is 0 Å². The standard InChI is InChI=1S/C12H17BrN2O3S/c1-15(2)12(16)7-8-14-19(17,18)11-5-3-10(9-13)4-6-11/h3-6,14H,7-9H2,1-2H3. The molecule has 1 rings (SSSR count). The summed E-state index contributed by atoms with van der Waals surface area (Å²) in [5.41, 5.74) is 1.00. The van der Waals surface area contributed by atoms with Crippen molar-refractivity contribution in [2.24, 2.45) is 0 Å². The Morgan fingerprint density at radius 3 is 2.32 bits per heavy atom. The minimum Gasteiger partial charge on any atom is -0.349 e. The first-order chi connectivity index (χ1) is 8.86. The third-order valence-corrected chi connectivity index (χ3v) is 4.64. The Morgan fingerprint density at radius 1 is 1.26 bits per heavy atom. The van der Waals surface area contributed by atoms with E-state index >= 15 is 0 Å². The van der Waals surface area contributed by atoms with Crippen molar-refractivity contribution in [3.8, 4) is 0 Å². The minimum absolute atomic E-state index is 0.0968. The molecular weight excluding hydrogens is 332 g/mol. The monoisotopic (exact) mass is 348 g/mol. The van der Waals surface area contributed by atoms with Crippen molar-refractivity contribution in [3.05, 3.63) is 29.8 Å². The molecule has 0 radical (unpaired) electrons. The zero-order valence-electron chi connectivity index (χ0n) is 10.9. The molecule has 1 aromatic carbocycles. The number of carbonyl (C=O) groups is 1. The Kier molecular flexibility index (Phi) is 5.96. The van der Waals surface area contributed by atoms with Gasteiger partial charge in [0, 0.05) is 32.4 Å². The molecule has 5 nitrogen and oxygen atoms in total. The highest BCUT2D eigenvalue weighted by Gasteiger charge is 2.14. The summed E-state index contributed by atoms with van der Waals surface area (Å²) in [7, 11) is -0.273. The SMILES string of the molecule is CN(C)C(=O)CCNS(=O)(=O)c1ccc(CBr)cc1. The van der Waals surface area contributed by atoms with E-state index in [1.54, 1.807) is 38.4 Å². The second-order valence-electron chi connectivity index (χ2n) is 4.21. The fraction of sp³-hybridized carbons (Fsp3) is 0.417. The average Bonchev–Trinajstić information content (AvgIpc) is 2.38. The quantitative estimate of drug-likeness (QED) is 0.788. The Balaban J connectivity index is 2.63. The zero-order chi connectivity index (χ0) is 14.5. The van der Waals surface area contributed by atoms with Crippen LogP contribution in [-0.2, 0) is 20.1 Å². The number of hydrogen-bond donors (Lipinski definition) is 1. The predicted molar refractivity (Wildman–Crippen MR) is 77.6 cm³/mol. The van der Waals surface area contributed by atoms with Crippen molar-refractivity contribution in [2.45, 2.75) is 16.6 Å². The molecule has 0 atom stereocenters. The van der Waals surface area contributed by atoms with Crippen LogP contribution in [0.3, 0.4) is 0 Å². The third-order valence-electron chi connectivity index (χ3n) is 2.52. The van der Waals surface area contributed by atoms with Gasteiger partial charge in [0.15, 0.2) is 0 Å². The van der Waals surface area contributed by atoms with Crippen LogP contribution in [-0.4, -0.2) is 39.9 Å².